The number of ether oxygens (including phenoxy) is 1. The average Bonchev–Trinajstić information content (AvgIpc) is 3.31. The molecule has 1 aliphatic rings. The molecule has 5 nitrogen and oxygen atoms in total. The quantitative estimate of drug-likeness (QED) is 0.208. The van der Waals surface area contributed by atoms with Crippen LogP contribution in [-0.2, 0) is 9.53 Å². The molecule has 7 heteroatoms. The monoisotopic (exact) mass is 443 g/mol. The zero-order valence-electron chi connectivity index (χ0n) is 17.2. The van der Waals surface area contributed by atoms with Gasteiger partial charge in [-0.25, -0.2) is 4.79 Å². The molecular formula is C23H25NO4S2. The van der Waals surface area contributed by atoms with Crippen LogP contribution in [0.5, 0.6) is 0 Å². The minimum Gasteiger partial charge on any atom is -0.462 e. The van der Waals surface area contributed by atoms with Crippen molar-refractivity contribution in [2.45, 2.75) is 39.5 Å². The summed E-state index contributed by atoms with van der Waals surface area (Å²) >= 11 is 6.69. The van der Waals surface area contributed by atoms with Crippen LogP contribution in [0.3, 0.4) is 0 Å². The smallest absolute Gasteiger partial charge is 0.338 e. The Labute approximate surface area is 186 Å². The van der Waals surface area contributed by atoms with Crippen molar-refractivity contribution >= 4 is 46.3 Å². The summed E-state index contributed by atoms with van der Waals surface area (Å²) in [7, 11) is 0. The average molecular weight is 444 g/mol. The number of thiocarbonyl (C=S) groups is 1. The molecule has 30 heavy (non-hydrogen) atoms. The second-order valence-electron chi connectivity index (χ2n) is 6.89. The molecule has 0 spiro atoms. The Kier molecular flexibility index (Phi) is 7.87. The van der Waals surface area contributed by atoms with Gasteiger partial charge in [-0.15, -0.1) is 0 Å². The van der Waals surface area contributed by atoms with E-state index in [4.69, 9.17) is 21.4 Å². The van der Waals surface area contributed by atoms with Crippen LogP contribution in [0, 0.1) is 0 Å². The van der Waals surface area contributed by atoms with Crippen molar-refractivity contribution in [1.82, 2.24) is 4.90 Å². The van der Waals surface area contributed by atoms with Crippen molar-refractivity contribution in [2.75, 3.05) is 13.2 Å². The number of thioether (sulfide) groups is 1. The zero-order chi connectivity index (χ0) is 21.5. The number of rotatable bonds is 9. The molecule has 1 aromatic heterocycles. The lowest BCUT2D eigenvalue weighted by molar-refractivity contribution is -0.122. The number of amides is 1. The van der Waals surface area contributed by atoms with Crippen LogP contribution in [0.25, 0.3) is 17.4 Å². The lowest BCUT2D eigenvalue weighted by atomic mass is 10.1. The van der Waals surface area contributed by atoms with Crippen LogP contribution >= 0.6 is 24.0 Å². The molecule has 0 N–H and O–H groups in total. The summed E-state index contributed by atoms with van der Waals surface area (Å²) in [5.74, 6) is 0.844. The molecule has 158 valence electrons. The summed E-state index contributed by atoms with van der Waals surface area (Å²) in [6, 6.07) is 10.7. The predicted molar refractivity (Wildman–Crippen MR) is 124 cm³/mol. The van der Waals surface area contributed by atoms with Gasteiger partial charge in [0.25, 0.3) is 5.91 Å². The Morgan fingerprint density at radius 3 is 2.60 bits per heavy atom. The highest BCUT2D eigenvalue weighted by Crippen LogP contribution is 2.34. The Balaban J connectivity index is 1.67. The van der Waals surface area contributed by atoms with Crippen LogP contribution in [0.1, 0.15) is 55.6 Å². The Hall–Kier alpha value is -2.38. The van der Waals surface area contributed by atoms with E-state index in [1.807, 2.05) is 24.3 Å². The molecule has 0 bridgehead atoms. The van der Waals surface area contributed by atoms with Gasteiger partial charge in [0.05, 0.1) is 17.1 Å². The highest BCUT2D eigenvalue weighted by atomic mass is 32.2. The van der Waals surface area contributed by atoms with E-state index >= 15 is 0 Å². The standard InChI is InChI=1S/C23H25NO4S2/c1-3-5-6-7-14-24-21(25)20(30-23(24)29)15-18-12-13-19(28-18)16-8-10-17(11-9-16)22(26)27-4-2/h8-13,15H,3-7,14H2,1-2H3/b20-15-. The summed E-state index contributed by atoms with van der Waals surface area (Å²) in [6.07, 6.45) is 6.12. The van der Waals surface area contributed by atoms with E-state index < -0.39 is 0 Å². The summed E-state index contributed by atoms with van der Waals surface area (Å²) in [5.41, 5.74) is 1.33. The van der Waals surface area contributed by atoms with Crippen molar-refractivity contribution in [2.24, 2.45) is 0 Å². The Morgan fingerprint density at radius 1 is 1.13 bits per heavy atom. The van der Waals surface area contributed by atoms with Gasteiger partial charge in [-0.2, -0.15) is 0 Å². The van der Waals surface area contributed by atoms with Crippen LogP contribution in [-0.4, -0.2) is 34.2 Å². The lowest BCUT2D eigenvalue weighted by Gasteiger charge is -2.13. The van der Waals surface area contributed by atoms with E-state index in [2.05, 4.69) is 6.92 Å². The van der Waals surface area contributed by atoms with Crippen molar-refractivity contribution in [1.29, 1.82) is 0 Å². The number of carbonyl (C=O) groups is 2. The Morgan fingerprint density at radius 2 is 1.90 bits per heavy atom. The third-order valence-electron chi connectivity index (χ3n) is 4.69. The van der Waals surface area contributed by atoms with Gasteiger partial charge in [0.1, 0.15) is 15.8 Å². The van der Waals surface area contributed by atoms with Crippen LogP contribution in [0.15, 0.2) is 45.7 Å². The maximum absolute atomic E-state index is 12.7. The van der Waals surface area contributed by atoms with Gasteiger partial charge < -0.3 is 9.15 Å². The number of benzene rings is 1. The number of carbonyl (C=O) groups excluding carboxylic acids is 2. The summed E-state index contributed by atoms with van der Waals surface area (Å²) < 4.78 is 11.5. The van der Waals surface area contributed by atoms with E-state index in [9.17, 15) is 9.59 Å². The van der Waals surface area contributed by atoms with E-state index in [0.29, 0.717) is 39.5 Å². The number of esters is 1. The highest BCUT2D eigenvalue weighted by molar-refractivity contribution is 8.26. The molecule has 1 aliphatic heterocycles. The molecule has 2 aromatic rings. The molecule has 1 fully saturated rings. The second kappa shape index (κ2) is 10.6. The largest absolute Gasteiger partial charge is 0.462 e. The normalized spacial score (nSPS) is 15.3. The molecular weight excluding hydrogens is 418 g/mol. The van der Waals surface area contributed by atoms with Gasteiger partial charge in [-0.05, 0) is 37.6 Å². The summed E-state index contributed by atoms with van der Waals surface area (Å²) in [4.78, 5) is 26.7. The van der Waals surface area contributed by atoms with E-state index in [0.717, 1.165) is 24.8 Å². The first-order chi connectivity index (χ1) is 14.5. The van der Waals surface area contributed by atoms with Crippen molar-refractivity contribution in [3.63, 3.8) is 0 Å². The predicted octanol–water partition coefficient (Wildman–Crippen LogP) is 5.90. The molecule has 1 saturated heterocycles. The molecule has 0 saturated carbocycles. The van der Waals surface area contributed by atoms with Gasteiger partial charge in [0.2, 0.25) is 0 Å². The third-order valence-corrected chi connectivity index (χ3v) is 6.07. The number of hydrogen-bond acceptors (Lipinski definition) is 6. The second-order valence-corrected chi connectivity index (χ2v) is 8.57. The van der Waals surface area contributed by atoms with Gasteiger partial charge in [0.15, 0.2) is 0 Å². The molecule has 3 rings (SSSR count). The number of unbranched alkanes of at least 4 members (excludes halogenated alkanes) is 3. The van der Waals surface area contributed by atoms with E-state index in [1.54, 1.807) is 30.0 Å². The van der Waals surface area contributed by atoms with Crippen molar-refractivity contribution in [3.05, 3.63) is 52.6 Å². The van der Waals surface area contributed by atoms with Gasteiger partial charge >= 0.3 is 5.97 Å². The van der Waals surface area contributed by atoms with E-state index in [-0.39, 0.29) is 11.9 Å². The maximum atomic E-state index is 12.7. The number of hydrogen-bond donors (Lipinski definition) is 0. The number of nitrogens with zero attached hydrogens (tertiary/aromatic N) is 1. The topological polar surface area (TPSA) is 59.8 Å². The van der Waals surface area contributed by atoms with Crippen LogP contribution in [0.2, 0.25) is 0 Å². The summed E-state index contributed by atoms with van der Waals surface area (Å²) in [5, 5.41) is 0. The van der Waals surface area contributed by atoms with Gasteiger partial charge in [-0.3, -0.25) is 9.69 Å². The van der Waals surface area contributed by atoms with Crippen LogP contribution < -0.4 is 0 Å². The third kappa shape index (κ3) is 5.40. The fraction of sp³-hybridized carbons (Fsp3) is 0.348. The fourth-order valence-corrected chi connectivity index (χ4v) is 4.38. The SMILES string of the molecule is CCCCCCN1C(=O)/C(=C/c2ccc(-c3ccc(C(=O)OCC)cc3)o2)SC1=S. The molecule has 2 heterocycles. The van der Waals surface area contributed by atoms with Crippen LogP contribution in [0.4, 0.5) is 0 Å². The maximum Gasteiger partial charge on any atom is 0.338 e. The van der Waals surface area contributed by atoms with Crippen molar-refractivity contribution < 1.29 is 18.7 Å². The minimum atomic E-state index is -0.346. The van der Waals surface area contributed by atoms with Gasteiger partial charge in [0, 0.05) is 18.2 Å². The van der Waals surface area contributed by atoms with E-state index in [1.165, 1.54) is 18.2 Å². The molecule has 0 aliphatic carbocycles. The Bertz CT molecular complexity index is 946. The first-order valence-corrected chi connectivity index (χ1v) is 11.4. The first-order valence-electron chi connectivity index (χ1n) is 10.2. The molecule has 0 unspecified atom stereocenters. The molecule has 0 radical (unpaired) electrons. The highest BCUT2D eigenvalue weighted by Gasteiger charge is 2.31. The molecule has 1 aromatic carbocycles. The van der Waals surface area contributed by atoms with Gasteiger partial charge in [-0.1, -0.05) is 62.3 Å². The molecule has 0 atom stereocenters. The first kappa shape index (κ1) is 22.3. The molecule has 1 amide bonds. The fourth-order valence-electron chi connectivity index (χ4n) is 3.09. The minimum absolute atomic E-state index is 0.0572. The summed E-state index contributed by atoms with van der Waals surface area (Å²) in [6.45, 7) is 4.94. The zero-order valence-corrected chi connectivity index (χ0v) is 18.8. The van der Waals surface area contributed by atoms with Crippen molar-refractivity contribution in [3.8, 4) is 11.3 Å². The lowest BCUT2D eigenvalue weighted by Crippen LogP contribution is -2.28. The number of furan rings is 1.